The smallest absolute Gasteiger partial charge is 0.320 e. The standard InChI is InChI=1S/C4H9NO2.C4H8O2/c1-2-3(5)4(6)7;1-2-3-4(5)6/h3H,2,5H2,1H3,(H,6,7);2-3H2,1H3,(H,5,6). The highest BCUT2D eigenvalue weighted by Gasteiger charge is 2.05. The second-order valence-corrected chi connectivity index (χ2v) is 2.50. The van der Waals surface area contributed by atoms with E-state index in [9.17, 15) is 9.59 Å². The lowest BCUT2D eigenvalue weighted by molar-refractivity contribution is -0.139. The van der Waals surface area contributed by atoms with Crippen molar-refractivity contribution in [1.29, 1.82) is 0 Å². The van der Waals surface area contributed by atoms with E-state index in [0.717, 1.165) is 6.42 Å². The number of carbonyl (C=O) groups is 2. The van der Waals surface area contributed by atoms with E-state index in [-0.39, 0.29) is 0 Å². The summed E-state index contributed by atoms with van der Waals surface area (Å²) in [5.74, 6) is -1.64. The van der Waals surface area contributed by atoms with Crippen molar-refractivity contribution < 1.29 is 19.8 Å². The van der Waals surface area contributed by atoms with Crippen molar-refractivity contribution in [2.24, 2.45) is 5.73 Å². The van der Waals surface area contributed by atoms with E-state index in [4.69, 9.17) is 15.9 Å². The summed E-state index contributed by atoms with van der Waals surface area (Å²) in [4.78, 5) is 19.4. The van der Waals surface area contributed by atoms with Gasteiger partial charge in [-0.15, -0.1) is 0 Å². The molecule has 0 spiro atoms. The molecule has 1 unspecified atom stereocenters. The van der Waals surface area contributed by atoms with Crippen LogP contribution in [0.5, 0.6) is 0 Å². The van der Waals surface area contributed by atoms with Gasteiger partial charge >= 0.3 is 11.9 Å². The van der Waals surface area contributed by atoms with Gasteiger partial charge in [0.15, 0.2) is 0 Å². The van der Waals surface area contributed by atoms with E-state index in [1.807, 2.05) is 6.92 Å². The third-order valence-corrected chi connectivity index (χ3v) is 1.22. The van der Waals surface area contributed by atoms with Crippen molar-refractivity contribution in [3.8, 4) is 0 Å². The Morgan fingerprint density at radius 1 is 1.31 bits per heavy atom. The van der Waals surface area contributed by atoms with Crippen LogP contribution in [0.25, 0.3) is 0 Å². The third kappa shape index (κ3) is 13.8. The molecule has 4 N–H and O–H groups in total. The van der Waals surface area contributed by atoms with Crippen molar-refractivity contribution in [3.63, 3.8) is 0 Å². The van der Waals surface area contributed by atoms with Crippen LogP contribution in [0.3, 0.4) is 0 Å². The highest BCUT2D eigenvalue weighted by Crippen LogP contribution is 1.82. The fraction of sp³-hybridized carbons (Fsp3) is 0.750. The summed E-state index contributed by atoms with van der Waals surface area (Å²) in [5, 5.41) is 16.0. The summed E-state index contributed by atoms with van der Waals surface area (Å²) >= 11 is 0. The average molecular weight is 191 g/mol. The van der Waals surface area contributed by atoms with Crippen molar-refractivity contribution in [1.82, 2.24) is 0 Å². The van der Waals surface area contributed by atoms with E-state index in [1.54, 1.807) is 6.92 Å². The van der Waals surface area contributed by atoms with Gasteiger partial charge in [0.1, 0.15) is 6.04 Å². The maximum absolute atomic E-state index is 9.81. The summed E-state index contributed by atoms with van der Waals surface area (Å²) in [6.45, 7) is 3.58. The molecule has 5 nitrogen and oxygen atoms in total. The maximum Gasteiger partial charge on any atom is 0.320 e. The number of carboxylic acid groups (broad SMARTS) is 2. The van der Waals surface area contributed by atoms with Crippen molar-refractivity contribution in [2.45, 2.75) is 39.2 Å². The highest BCUT2D eigenvalue weighted by molar-refractivity contribution is 5.72. The number of rotatable bonds is 4. The van der Waals surface area contributed by atoms with Crippen LogP contribution in [-0.2, 0) is 9.59 Å². The SMILES string of the molecule is CCC(N)C(=O)O.CCCC(=O)O. The van der Waals surface area contributed by atoms with Gasteiger partial charge in [-0.25, -0.2) is 0 Å². The Hall–Kier alpha value is -1.10. The predicted octanol–water partition coefficient (Wildman–Crippen LogP) is 0.679. The van der Waals surface area contributed by atoms with E-state index in [1.165, 1.54) is 0 Å². The van der Waals surface area contributed by atoms with Crippen LogP contribution in [0, 0.1) is 0 Å². The molecule has 0 fully saturated rings. The lowest BCUT2D eigenvalue weighted by atomic mass is 10.2. The molecule has 0 aliphatic rings. The Kier molecular flexibility index (Phi) is 9.98. The average Bonchev–Trinajstić information content (AvgIpc) is 2.03. The Balaban J connectivity index is 0. The van der Waals surface area contributed by atoms with E-state index in [0.29, 0.717) is 12.8 Å². The van der Waals surface area contributed by atoms with Crippen molar-refractivity contribution in [2.75, 3.05) is 0 Å². The van der Waals surface area contributed by atoms with E-state index >= 15 is 0 Å². The molecule has 0 amide bonds. The van der Waals surface area contributed by atoms with Crippen LogP contribution in [0.4, 0.5) is 0 Å². The molecule has 0 saturated heterocycles. The molecule has 13 heavy (non-hydrogen) atoms. The van der Waals surface area contributed by atoms with Crippen LogP contribution in [0.2, 0.25) is 0 Å². The number of hydrogen-bond donors (Lipinski definition) is 3. The second kappa shape index (κ2) is 8.99. The maximum atomic E-state index is 9.81. The lowest BCUT2D eigenvalue weighted by Gasteiger charge is -1.97. The zero-order chi connectivity index (χ0) is 10.9. The first-order valence-corrected chi connectivity index (χ1v) is 4.15. The Bertz CT molecular complexity index is 158. The normalized spacial score (nSPS) is 11.0. The fourth-order valence-electron chi connectivity index (χ4n) is 0.388. The fourth-order valence-corrected chi connectivity index (χ4v) is 0.388. The molecular formula is C8H17NO4. The zero-order valence-corrected chi connectivity index (χ0v) is 7.99. The first kappa shape index (κ1) is 14.4. The first-order chi connectivity index (χ1) is 5.95. The summed E-state index contributed by atoms with van der Waals surface area (Å²) in [6, 6.07) is -0.681. The van der Waals surface area contributed by atoms with Gasteiger partial charge in [0, 0.05) is 6.42 Å². The molecule has 0 heterocycles. The summed E-state index contributed by atoms with van der Waals surface area (Å²) < 4.78 is 0. The molecular weight excluding hydrogens is 174 g/mol. The Morgan fingerprint density at radius 2 is 1.77 bits per heavy atom. The van der Waals surface area contributed by atoms with Gasteiger partial charge in [-0.2, -0.15) is 0 Å². The van der Waals surface area contributed by atoms with Gasteiger partial charge in [-0.3, -0.25) is 9.59 Å². The van der Waals surface area contributed by atoms with Gasteiger partial charge in [-0.05, 0) is 12.8 Å². The molecule has 78 valence electrons. The van der Waals surface area contributed by atoms with Crippen LogP contribution < -0.4 is 5.73 Å². The Labute approximate surface area is 77.6 Å². The van der Waals surface area contributed by atoms with Crippen molar-refractivity contribution >= 4 is 11.9 Å². The zero-order valence-electron chi connectivity index (χ0n) is 7.99. The third-order valence-electron chi connectivity index (χ3n) is 1.22. The summed E-state index contributed by atoms with van der Waals surface area (Å²) in [7, 11) is 0. The molecule has 0 saturated carbocycles. The van der Waals surface area contributed by atoms with Gasteiger partial charge in [0.05, 0.1) is 0 Å². The molecule has 0 aromatic rings. The van der Waals surface area contributed by atoms with Gasteiger partial charge in [0.2, 0.25) is 0 Å². The quantitative estimate of drug-likeness (QED) is 0.606. The molecule has 0 aromatic carbocycles. The van der Waals surface area contributed by atoms with Crippen LogP contribution in [0.15, 0.2) is 0 Å². The molecule has 0 aliphatic heterocycles. The molecule has 1 atom stereocenters. The van der Waals surface area contributed by atoms with Crippen LogP contribution >= 0.6 is 0 Å². The largest absolute Gasteiger partial charge is 0.481 e. The highest BCUT2D eigenvalue weighted by atomic mass is 16.4. The molecule has 0 rings (SSSR count). The van der Waals surface area contributed by atoms with Gasteiger partial charge in [0.25, 0.3) is 0 Å². The van der Waals surface area contributed by atoms with Crippen molar-refractivity contribution in [3.05, 3.63) is 0 Å². The number of hydrogen-bond acceptors (Lipinski definition) is 3. The molecule has 0 radical (unpaired) electrons. The second-order valence-electron chi connectivity index (χ2n) is 2.50. The number of aliphatic carboxylic acids is 2. The number of carboxylic acids is 2. The molecule has 0 aromatic heterocycles. The van der Waals surface area contributed by atoms with Crippen LogP contribution in [-0.4, -0.2) is 28.2 Å². The molecule has 5 heteroatoms. The van der Waals surface area contributed by atoms with E-state index in [2.05, 4.69) is 0 Å². The summed E-state index contributed by atoms with van der Waals surface area (Å²) in [6.07, 6.45) is 1.52. The molecule has 0 aliphatic carbocycles. The number of nitrogens with two attached hydrogens (primary N) is 1. The minimum Gasteiger partial charge on any atom is -0.481 e. The Morgan fingerprint density at radius 3 is 1.77 bits per heavy atom. The molecule has 0 bridgehead atoms. The first-order valence-electron chi connectivity index (χ1n) is 4.15. The minimum atomic E-state index is -0.928. The lowest BCUT2D eigenvalue weighted by Crippen LogP contribution is -2.28. The topological polar surface area (TPSA) is 101 Å². The van der Waals surface area contributed by atoms with E-state index < -0.39 is 18.0 Å². The minimum absolute atomic E-state index is 0.292. The van der Waals surface area contributed by atoms with Gasteiger partial charge in [-0.1, -0.05) is 13.8 Å². The monoisotopic (exact) mass is 191 g/mol. The van der Waals surface area contributed by atoms with Gasteiger partial charge < -0.3 is 15.9 Å². The van der Waals surface area contributed by atoms with Crippen LogP contribution in [0.1, 0.15) is 33.1 Å². The summed E-state index contributed by atoms with van der Waals surface area (Å²) in [5.41, 5.74) is 5.02. The predicted molar refractivity (Wildman–Crippen MR) is 48.4 cm³/mol.